The van der Waals surface area contributed by atoms with E-state index in [1.165, 1.54) is 4.31 Å². The minimum absolute atomic E-state index is 0.0644. The number of hydrogen-bond donors (Lipinski definition) is 1. The quantitative estimate of drug-likeness (QED) is 0.698. The van der Waals surface area contributed by atoms with Gasteiger partial charge < -0.3 is 10.1 Å². The summed E-state index contributed by atoms with van der Waals surface area (Å²) in [7, 11) is -3.52. The standard InChI is InChI=1S/C17H17IN2O4S/c1-11-9-12(18)7-8-13(11)19-17(21)16-10-20(25(2,22)23)14-5-3-4-6-15(14)24-16/h3-9,16H,10H2,1-2H3,(H,19,21)/t16-/m0/s1. The minimum atomic E-state index is -3.52. The van der Waals surface area contributed by atoms with Gasteiger partial charge in [0.05, 0.1) is 18.5 Å². The molecule has 25 heavy (non-hydrogen) atoms. The van der Waals surface area contributed by atoms with Gasteiger partial charge in [-0.1, -0.05) is 12.1 Å². The number of ether oxygens (including phenoxy) is 1. The van der Waals surface area contributed by atoms with Gasteiger partial charge in [-0.2, -0.15) is 0 Å². The molecule has 0 radical (unpaired) electrons. The molecule has 3 rings (SSSR count). The summed E-state index contributed by atoms with van der Waals surface area (Å²) in [5.74, 6) is -0.00822. The lowest BCUT2D eigenvalue weighted by molar-refractivity contribution is -0.122. The van der Waals surface area contributed by atoms with Crippen molar-refractivity contribution >= 4 is 49.9 Å². The van der Waals surface area contributed by atoms with Crippen molar-refractivity contribution < 1.29 is 17.9 Å². The van der Waals surface area contributed by atoms with Crippen LogP contribution < -0.4 is 14.4 Å². The zero-order chi connectivity index (χ0) is 18.2. The maximum absolute atomic E-state index is 12.6. The van der Waals surface area contributed by atoms with Gasteiger partial charge in [0.25, 0.3) is 5.91 Å². The lowest BCUT2D eigenvalue weighted by Crippen LogP contribution is -2.48. The van der Waals surface area contributed by atoms with Crippen molar-refractivity contribution in [2.45, 2.75) is 13.0 Å². The van der Waals surface area contributed by atoms with E-state index in [0.29, 0.717) is 17.1 Å². The molecule has 6 nitrogen and oxygen atoms in total. The Labute approximate surface area is 160 Å². The van der Waals surface area contributed by atoms with E-state index >= 15 is 0 Å². The number of anilines is 2. The first-order chi connectivity index (χ1) is 11.8. The molecule has 1 N–H and O–H groups in total. The molecule has 132 valence electrons. The molecule has 2 aromatic rings. The van der Waals surface area contributed by atoms with Gasteiger partial charge >= 0.3 is 0 Å². The van der Waals surface area contributed by atoms with Crippen LogP contribution in [0.25, 0.3) is 0 Å². The van der Waals surface area contributed by atoms with E-state index in [2.05, 4.69) is 27.9 Å². The third-order valence-electron chi connectivity index (χ3n) is 3.87. The van der Waals surface area contributed by atoms with Crippen LogP contribution in [0.15, 0.2) is 42.5 Å². The van der Waals surface area contributed by atoms with Crippen LogP contribution in [0.4, 0.5) is 11.4 Å². The molecule has 8 heteroatoms. The van der Waals surface area contributed by atoms with Crippen LogP contribution in [0.2, 0.25) is 0 Å². The van der Waals surface area contributed by atoms with Crippen LogP contribution in [0.1, 0.15) is 5.56 Å². The average molecular weight is 472 g/mol. The van der Waals surface area contributed by atoms with Gasteiger partial charge in [-0.15, -0.1) is 0 Å². The highest BCUT2D eigenvalue weighted by molar-refractivity contribution is 14.1. The minimum Gasteiger partial charge on any atom is -0.476 e. The Bertz CT molecular complexity index is 930. The summed E-state index contributed by atoms with van der Waals surface area (Å²) in [6, 6.07) is 12.5. The Kier molecular flexibility index (Phi) is 4.92. The third kappa shape index (κ3) is 3.90. The number of halogens is 1. The number of benzene rings is 2. The normalized spacial score (nSPS) is 16.8. The number of carbonyl (C=O) groups excluding carboxylic acids is 1. The van der Waals surface area contributed by atoms with Gasteiger partial charge in [0.15, 0.2) is 6.10 Å². The average Bonchev–Trinajstić information content (AvgIpc) is 2.55. The van der Waals surface area contributed by atoms with Crippen molar-refractivity contribution in [2.75, 3.05) is 22.4 Å². The van der Waals surface area contributed by atoms with Crippen LogP contribution >= 0.6 is 22.6 Å². The van der Waals surface area contributed by atoms with E-state index < -0.39 is 16.1 Å². The molecule has 0 unspecified atom stereocenters. The Morgan fingerprint density at radius 3 is 2.68 bits per heavy atom. The van der Waals surface area contributed by atoms with Gasteiger partial charge in [-0.3, -0.25) is 9.10 Å². The van der Waals surface area contributed by atoms with Crippen molar-refractivity contribution in [3.8, 4) is 5.75 Å². The van der Waals surface area contributed by atoms with E-state index in [-0.39, 0.29) is 12.5 Å². The number of aryl methyl sites for hydroxylation is 1. The second-order valence-corrected chi connectivity index (χ2v) is 8.97. The number of nitrogens with zero attached hydrogens (tertiary/aromatic N) is 1. The van der Waals surface area contributed by atoms with Crippen LogP contribution in [-0.4, -0.2) is 33.2 Å². The Morgan fingerprint density at radius 2 is 2.00 bits per heavy atom. The van der Waals surface area contributed by atoms with Crippen molar-refractivity contribution in [3.63, 3.8) is 0 Å². The number of para-hydroxylation sites is 2. The molecule has 1 amide bonds. The predicted molar refractivity (Wildman–Crippen MR) is 106 cm³/mol. The maximum atomic E-state index is 12.6. The molecule has 0 saturated heterocycles. The molecule has 0 fully saturated rings. The molecule has 1 aliphatic heterocycles. The lowest BCUT2D eigenvalue weighted by atomic mass is 10.2. The Morgan fingerprint density at radius 1 is 1.28 bits per heavy atom. The lowest BCUT2D eigenvalue weighted by Gasteiger charge is -2.33. The molecule has 2 aromatic carbocycles. The third-order valence-corrected chi connectivity index (χ3v) is 5.69. The van der Waals surface area contributed by atoms with Gasteiger partial charge in [0.2, 0.25) is 10.0 Å². The molecule has 0 aliphatic carbocycles. The number of carbonyl (C=O) groups is 1. The van der Waals surface area contributed by atoms with E-state index in [1.54, 1.807) is 24.3 Å². The van der Waals surface area contributed by atoms with Crippen molar-refractivity contribution in [3.05, 3.63) is 51.6 Å². The van der Waals surface area contributed by atoms with E-state index in [9.17, 15) is 13.2 Å². The second kappa shape index (κ2) is 6.83. The van der Waals surface area contributed by atoms with Crippen LogP contribution in [0.3, 0.4) is 0 Å². The fourth-order valence-corrected chi connectivity index (χ4v) is 4.19. The molecule has 1 aliphatic rings. The molecule has 0 aromatic heterocycles. The van der Waals surface area contributed by atoms with Crippen LogP contribution in [-0.2, 0) is 14.8 Å². The number of nitrogens with one attached hydrogen (secondary N) is 1. The van der Waals surface area contributed by atoms with Gasteiger partial charge in [0, 0.05) is 9.26 Å². The zero-order valence-corrected chi connectivity index (χ0v) is 16.7. The summed E-state index contributed by atoms with van der Waals surface area (Å²) in [6.07, 6.45) is 0.191. The number of hydrogen-bond acceptors (Lipinski definition) is 4. The summed E-state index contributed by atoms with van der Waals surface area (Å²) >= 11 is 2.20. The zero-order valence-electron chi connectivity index (χ0n) is 13.7. The highest BCUT2D eigenvalue weighted by atomic mass is 127. The van der Waals surface area contributed by atoms with Gasteiger partial charge in [0.1, 0.15) is 5.75 Å². The fourth-order valence-electron chi connectivity index (χ4n) is 2.63. The van der Waals surface area contributed by atoms with E-state index in [4.69, 9.17) is 4.74 Å². The van der Waals surface area contributed by atoms with Gasteiger partial charge in [-0.25, -0.2) is 8.42 Å². The first-order valence-electron chi connectivity index (χ1n) is 7.56. The highest BCUT2D eigenvalue weighted by Gasteiger charge is 2.34. The maximum Gasteiger partial charge on any atom is 0.267 e. The second-order valence-electron chi connectivity index (χ2n) is 5.82. The smallest absolute Gasteiger partial charge is 0.267 e. The van der Waals surface area contributed by atoms with E-state index in [1.807, 2.05) is 25.1 Å². The first-order valence-corrected chi connectivity index (χ1v) is 10.5. The Hall–Kier alpha value is -1.81. The molecular weight excluding hydrogens is 455 g/mol. The van der Waals surface area contributed by atoms with Gasteiger partial charge in [-0.05, 0) is 65.4 Å². The summed E-state index contributed by atoms with van der Waals surface area (Å²) < 4.78 is 32.2. The van der Waals surface area contributed by atoms with Crippen molar-refractivity contribution in [2.24, 2.45) is 0 Å². The molecule has 0 bridgehead atoms. The number of fused-ring (bicyclic) bond motifs is 1. The predicted octanol–water partition coefficient (Wildman–Crippen LogP) is 2.77. The first kappa shape index (κ1) is 18.0. The molecule has 1 heterocycles. The van der Waals surface area contributed by atoms with E-state index in [0.717, 1.165) is 15.4 Å². The van der Waals surface area contributed by atoms with Crippen LogP contribution in [0, 0.1) is 10.5 Å². The summed E-state index contributed by atoms with van der Waals surface area (Å²) in [5.41, 5.74) is 2.05. The van der Waals surface area contributed by atoms with Crippen molar-refractivity contribution in [1.82, 2.24) is 0 Å². The van der Waals surface area contributed by atoms with Crippen molar-refractivity contribution in [1.29, 1.82) is 0 Å². The molecular formula is C17H17IN2O4S. The molecule has 0 saturated carbocycles. The molecule has 1 atom stereocenters. The summed E-state index contributed by atoms with van der Waals surface area (Å²) in [6.45, 7) is 1.84. The largest absolute Gasteiger partial charge is 0.476 e. The van der Waals surface area contributed by atoms with Crippen LogP contribution in [0.5, 0.6) is 5.75 Å². The topological polar surface area (TPSA) is 75.7 Å². The highest BCUT2D eigenvalue weighted by Crippen LogP contribution is 2.34. The number of sulfonamides is 1. The molecule has 0 spiro atoms. The summed E-state index contributed by atoms with van der Waals surface area (Å²) in [5, 5.41) is 2.82. The monoisotopic (exact) mass is 472 g/mol. The number of amides is 1. The fraction of sp³-hybridized carbons (Fsp3) is 0.235. The Balaban J connectivity index is 1.87. The summed E-state index contributed by atoms with van der Waals surface area (Å²) in [4.78, 5) is 12.6. The number of rotatable bonds is 3. The SMILES string of the molecule is Cc1cc(I)ccc1NC(=O)[C@@H]1CN(S(C)(=O)=O)c2ccccc2O1.